The maximum Gasteiger partial charge on any atom is 0.194 e. The number of halogens is 1. The van der Waals surface area contributed by atoms with Crippen LogP contribution in [0.2, 0.25) is 0 Å². The van der Waals surface area contributed by atoms with E-state index in [4.69, 9.17) is 4.99 Å². The van der Waals surface area contributed by atoms with Gasteiger partial charge in [0, 0.05) is 39.3 Å². The minimum atomic E-state index is 0. The molecule has 0 radical (unpaired) electrons. The van der Waals surface area contributed by atoms with Crippen molar-refractivity contribution in [2.45, 2.75) is 19.8 Å². The third-order valence-corrected chi connectivity index (χ3v) is 5.38. The highest BCUT2D eigenvalue weighted by Crippen LogP contribution is 2.22. The van der Waals surface area contributed by atoms with Gasteiger partial charge in [0.25, 0.3) is 0 Å². The van der Waals surface area contributed by atoms with Gasteiger partial charge in [0.05, 0.1) is 5.00 Å². The van der Waals surface area contributed by atoms with Crippen LogP contribution in [-0.4, -0.2) is 62.1 Å². The van der Waals surface area contributed by atoms with E-state index in [9.17, 15) is 0 Å². The summed E-state index contributed by atoms with van der Waals surface area (Å²) in [7, 11) is 0. The smallest absolute Gasteiger partial charge is 0.194 e. The van der Waals surface area contributed by atoms with Crippen LogP contribution in [0.4, 0.5) is 5.00 Å². The lowest BCUT2D eigenvalue weighted by Crippen LogP contribution is -2.52. The summed E-state index contributed by atoms with van der Waals surface area (Å²) >= 11 is 3.75. The summed E-state index contributed by atoms with van der Waals surface area (Å²) in [6, 6.07) is 4.35. The van der Waals surface area contributed by atoms with Gasteiger partial charge in [0.2, 0.25) is 0 Å². The van der Waals surface area contributed by atoms with Crippen LogP contribution in [0, 0.1) is 0 Å². The van der Waals surface area contributed by atoms with Gasteiger partial charge in [-0.05, 0) is 49.3 Å². The lowest BCUT2D eigenvalue weighted by Gasteiger charge is -2.37. The van der Waals surface area contributed by atoms with E-state index in [1.54, 1.807) is 0 Å². The van der Waals surface area contributed by atoms with E-state index in [0.29, 0.717) is 0 Å². The zero-order valence-corrected chi connectivity index (χ0v) is 18.1. The molecule has 0 bridgehead atoms. The number of anilines is 1. The summed E-state index contributed by atoms with van der Waals surface area (Å²) < 4.78 is 0. The maximum atomic E-state index is 4.80. The Bertz CT molecular complexity index is 431. The van der Waals surface area contributed by atoms with Crippen LogP contribution in [0.1, 0.15) is 19.8 Å². The average Bonchev–Trinajstić information content (AvgIpc) is 3.08. The Morgan fingerprint density at radius 1 is 1.30 bits per heavy atom. The number of hydrogen-bond donors (Lipinski definition) is 1. The Labute approximate surface area is 166 Å². The van der Waals surface area contributed by atoms with Crippen molar-refractivity contribution >= 4 is 58.0 Å². The number of unbranched alkanes of at least 4 members (excludes halogenated alkanes) is 1. The van der Waals surface area contributed by atoms with Crippen molar-refractivity contribution in [3.05, 3.63) is 17.5 Å². The molecule has 0 unspecified atom stereocenters. The predicted molar refractivity (Wildman–Crippen MR) is 117 cm³/mol. The first-order valence-corrected chi connectivity index (χ1v) is 10.4. The molecule has 0 aliphatic carbocycles. The molecule has 0 spiro atoms. The number of piperazine rings is 1. The Morgan fingerprint density at radius 3 is 2.70 bits per heavy atom. The van der Waals surface area contributed by atoms with Gasteiger partial charge in [-0.2, -0.15) is 11.8 Å². The number of guanidine groups is 1. The van der Waals surface area contributed by atoms with Crippen LogP contribution in [-0.2, 0) is 0 Å². The summed E-state index contributed by atoms with van der Waals surface area (Å²) in [6.45, 7) is 8.28. The predicted octanol–water partition coefficient (Wildman–Crippen LogP) is 3.60. The molecular formula is C16H29IN4S2. The third-order valence-electron chi connectivity index (χ3n) is 3.75. The minimum absolute atomic E-state index is 0. The van der Waals surface area contributed by atoms with E-state index in [1.807, 2.05) is 23.1 Å². The second kappa shape index (κ2) is 12.2. The van der Waals surface area contributed by atoms with E-state index in [1.165, 1.54) is 23.6 Å². The van der Waals surface area contributed by atoms with Crippen LogP contribution in [0.15, 0.2) is 22.5 Å². The highest BCUT2D eigenvalue weighted by atomic mass is 127. The molecule has 2 heterocycles. The normalized spacial score (nSPS) is 15.5. The van der Waals surface area contributed by atoms with Gasteiger partial charge in [-0.3, -0.25) is 4.99 Å². The van der Waals surface area contributed by atoms with Crippen LogP contribution in [0.3, 0.4) is 0 Å². The Balaban J connectivity index is 0.00000264. The number of thiophene rings is 1. The molecule has 1 aliphatic heterocycles. The first kappa shape index (κ1) is 20.9. The molecule has 0 atom stereocenters. The zero-order valence-electron chi connectivity index (χ0n) is 14.2. The van der Waals surface area contributed by atoms with Gasteiger partial charge in [0.1, 0.15) is 0 Å². The summed E-state index contributed by atoms with van der Waals surface area (Å²) in [5.74, 6) is 2.34. The van der Waals surface area contributed by atoms with E-state index in [0.717, 1.165) is 45.2 Å². The zero-order chi connectivity index (χ0) is 15.6. The fourth-order valence-corrected chi connectivity index (χ4v) is 3.84. The molecular weight excluding hydrogens is 439 g/mol. The molecule has 0 aromatic carbocycles. The van der Waals surface area contributed by atoms with Gasteiger partial charge < -0.3 is 15.1 Å². The molecule has 132 valence electrons. The van der Waals surface area contributed by atoms with Crippen molar-refractivity contribution in [3.8, 4) is 0 Å². The topological polar surface area (TPSA) is 30.9 Å². The second-order valence-corrected chi connectivity index (χ2v) is 7.27. The molecule has 0 amide bonds. The van der Waals surface area contributed by atoms with Crippen molar-refractivity contribution in [3.63, 3.8) is 0 Å². The largest absolute Gasteiger partial charge is 0.360 e. The van der Waals surface area contributed by atoms with Gasteiger partial charge in [-0.25, -0.2) is 0 Å². The quantitative estimate of drug-likeness (QED) is 0.287. The second-order valence-electron chi connectivity index (χ2n) is 5.36. The van der Waals surface area contributed by atoms with Crippen molar-refractivity contribution in [1.82, 2.24) is 10.2 Å². The summed E-state index contributed by atoms with van der Waals surface area (Å²) in [5.41, 5.74) is 0. The Hall–Kier alpha value is -0.150. The molecule has 7 heteroatoms. The molecule has 1 aromatic heterocycles. The number of thioether (sulfide) groups is 1. The molecule has 4 nitrogen and oxygen atoms in total. The molecule has 0 saturated carbocycles. The fraction of sp³-hybridized carbons (Fsp3) is 0.688. The molecule has 2 rings (SSSR count). The van der Waals surface area contributed by atoms with Gasteiger partial charge in [0.15, 0.2) is 5.96 Å². The van der Waals surface area contributed by atoms with E-state index in [-0.39, 0.29) is 24.0 Å². The first-order valence-electron chi connectivity index (χ1n) is 8.15. The summed E-state index contributed by atoms with van der Waals surface area (Å²) in [6.07, 6.45) is 4.61. The van der Waals surface area contributed by atoms with E-state index >= 15 is 0 Å². The number of nitrogens with one attached hydrogen (secondary N) is 1. The molecule has 1 saturated heterocycles. The van der Waals surface area contributed by atoms with Crippen molar-refractivity contribution in [1.29, 1.82) is 0 Å². The lowest BCUT2D eigenvalue weighted by molar-refractivity contribution is 0.373. The molecule has 1 aromatic rings. The maximum absolute atomic E-state index is 4.80. The monoisotopic (exact) mass is 468 g/mol. The minimum Gasteiger partial charge on any atom is -0.360 e. The third kappa shape index (κ3) is 7.09. The van der Waals surface area contributed by atoms with Crippen molar-refractivity contribution in [2.24, 2.45) is 4.99 Å². The molecule has 1 aliphatic rings. The van der Waals surface area contributed by atoms with Crippen LogP contribution >= 0.6 is 47.1 Å². The Kier molecular flexibility index (Phi) is 11.1. The van der Waals surface area contributed by atoms with Gasteiger partial charge in [-0.1, -0.05) is 0 Å². The van der Waals surface area contributed by atoms with Gasteiger partial charge >= 0.3 is 0 Å². The molecule has 1 fully saturated rings. The number of rotatable bonds is 7. The molecule has 23 heavy (non-hydrogen) atoms. The lowest BCUT2D eigenvalue weighted by atomic mass is 10.3. The Morgan fingerprint density at radius 2 is 2.09 bits per heavy atom. The number of aliphatic imine (C=N–C) groups is 1. The summed E-state index contributed by atoms with van der Waals surface area (Å²) in [5, 5.41) is 6.99. The van der Waals surface area contributed by atoms with E-state index < -0.39 is 0 Å². The number of hydrogen-bond acceptors (Lipinski definition) is 4. The van der Waals surface area contributed by atoms with E-state index in [2.05, 4.69) is 45.8 Å². The standard InChI is InChI=1S/C16H28N4S2.HI/c1-3-17-16(18-8-4-5-13-21-2)20-11-9-19(10-12-20)15-7-6-14-22-15;/h6-7,14H,3-5,8-13H2,1-2H3,(H,17,18);1H. The van der Waals surface area contributed by atoms with Crippen LogP contribution in [0.5, 0.6) is 0 Å². The highest BCUT2D eigenvalue weighted by molar-refractivity contribution is 14.0. The van der Waals surface area contributed by atoms with Crippen LogP contribution < -0.4 is 10.2 Å². The average molecular weight is 468 g/mol. The highest BCUT2D eigenvalue weighted by Gasteiger charge is 2.20. The first-order chi connectivity index (χ1) is 10.8. The summed E-state index contributed by atoms with van der Waals surface area (Å²) in [4.78, 5) is 9.68. The fourth-order valence-electron chi connectivity index (χ4n) is 2.56. The number of nitrogens with zero attached hydrogens (tertiary/aromatic N) is 3. The van der Waals surface area contributed by atoms with Crippen molar-refractivity contribution in [2.75, 3.05) is 56.2 Å². The SMILES string of the molecule is CCNC(=NCCCCSC)N1CCN(c2cccs2)CC1.I. The van der Waals surface area contributed by atoms with Crippen LogP contribution in [0.25, 0.3) is 0 Å². The van der Waals surface area contributed by atoms with Gasteiger partial charge in [-0.15, -0.1) is 35.3 Å². The van der Waals surface area contributed by atoms with Crippen molar-refractivity contribution < 1.29 is 0 Å². The molecule has 1 N–H and O–H groups in total.